The number of halogens is 1. The number of nitrogens with zero attached hydrogens (tertiary/aromatic N) is 2. The Morgan fingerprint density at radius 2 is 2.10 bits per heavy atom. The van der Waals surface area contributed by atoms with Gasteiger partial charge in [0.2, 0.25) is 0 Å². The molecule has 4 heteroatoms. The van der Waals surface area contributed by atoms with Crippen LogP contribution in [0.3, 0.4) is 0 Å². The first-order chi connectivity index (χ1) is 9.72. The lowest BCUT2D eigenvalue weighted by Crippen LogP contribution is -2.07. The maximum Gasteiger partial charge on any atom is 0.0815 e. The monoisotopic (exact) mass is 289 g/mol. The molecule has 20 heavy (non-hydrogen) atoms. The first kappa shape index (κ1) is 13.5. The number of anilines is 1. The molecule has 1 fully saturated rings. The molecule has 3 rings (SSSR count). The lowest BCUT2D eigenvalue weighted by Gasteiger charge is -2.10. The van der Waals surface area contributed by atoms with Gasteiger partial charge in [-0.05, 0) is 43.5 Å². The number of nitrogens with one attached hydrogen (secondary N) is 1. The van der Waals surface area contributed by atoms with Crippen molar-refractivity contribution in [2.24, 2.45) is 0 Å². The van der Waals surface area contributed by atoms with Crippen molar-refractivity contribution in [1.82, 2.24) is 9.78 Å². The Kier molecular flexibility index (Phi) is 3.97. The molecule has 1 heterocycles. The molecule has 1 N–H and O–H groups in total. The summed E-state index contributed by atoms with van der Waals surface area (Å²) in [5.74, 6) is 0. The number of benzene rings is 1. The van der Waals surface area contributed by atoms with E-state index < -0.39 is 0 Å². The second-order valence-electron chi connectivity index (χ2n) is 5.56. The van der Waals surface area contributed by atoms with E-state index >= 15 is 0 Å². The van der Waals surface area contributed by atoms with Gasteiger partial charge < -0.3 is 5.32 Å². The van der Waals surface area contributed by atoms with Crippen LogP contribution in [-0.2, 0) is 6.54 Å². The molecule has 2 aromatic rings. The quantitative estimate of drug-likeness (QED) is 0.893. The van der Waals surface area contributed by atoms with Crippen molar-refractivity contribution in [3.63, 3.8) is 0 Å². The largest absolute Gasteiger partial charge is 0.378 e. The third-order valence-corrected chi connectivity index (χ3v) is 4.27. The summed E-state index contributed by atoms with van der Waals surface area (Å²) in [7, 11) is 0. The molecule has 0 radical (unpaired) electrons. The standard InChI is InChI=1S/C16H20ClN3/c1-12-6-7-15(17)16(10-12)18-11-13-8-9-20(19-13)14-4-2-3-5-14/h6-10,14,18H,2-5,11H2,1H3. The van der Waals surface area contributed by atoms with Gasteiger partial charge in [-0.25, -0.2) is 0 Å². The van der Waals surface area contributed by atoms with Crippen molar-refractivity contribution in [1.29, 1.82) is 0 Å². The highest BCUT2D eigenvalue weighted by Crippen LogP contribution is 2.29. The summed E-state index contributed by atoms with van der Waals surface area (Å²) in [5.41, 5.74) is 3.24. The van der Waals surface area contributed by atoms with Crippen LogP contribution >= 0.6 is 11.6 Å². The molecule has 1 saturated carbocycles. The zero-order chi connectivity index (χ0) is 13.9. The first-order valence-corrected chi connectivity index (χ1v) is 7.64. The van der Waals surface area contributed by atoms with Gasteiger partial charge in [0.15, 0.2) is 0 Å². The first-order valence-electron chi connectivity index (χ1n) is 7.26. The number of hydrogen-bond donors (Lipinski definition) is 1. The van der Waals surface area contributed by atoms with Gasteiger partial charge in [0.1, 0.15) is 0 Å². The van der Waals surface area contributed by atoms with E-state index in [0.717, 1.165) is 16.4 Å². The maximum atomic E-state index is 6.18. The van der Waals surface area contributed by atoms with E-state index in [-0.39, 0.29) is 0 Å². The number of hydrogen-bond acceptors (Lipinski definition) is 2. The molecule has 0 saturated heterocycles. The Morgan fingerprint density at radius 1 is 1.30 bits per heavy atom. The van der Waals surface area contributed by atoms with Crippen LogP contribution in [0.4, 0.5) is 5.69 Å². The summed E-state index contributed by atoms with van der Waals surface area (Å²) in [5, 5.41) is 8.79. The molecular formula is C16H20ClN3. The van der Waals surface area contributed by atoms with Gasteiger partial charge in [-0.3, -0.25) is 4.68 Å². The van der Waals surface area contributed by atoms with Crippen LogP contribution in [0.15, 0.2) is 30.5 Å². The summed E-state index contributed by atoms with van der Waals surface area (Å²) in [4.78, 5) is 0. The molecule has 3 nitrogen and oxygen atoms in total. The lowest BCUT2D eigenvalue weighted by atomic mass is 10.2. The molecule has 1 aromatic heterocycles. The summed E-state index contributed by atoms with van der Waals surface area (Å²) < 4.78 is 2.13. The number of aromatic nitrogens is 2. The molecule has 1 aliphatic rings. The van der Waals surface area contributed by atoms with Crippen LogP contribution in [0.2, 0.25) is 5.02 Å². The van der Waals surface area contributed by atoms with E-state index in [9.17, 15) is 0 Å². The third kappa shape index (κ3) is 2.98. The Hall–Kier alpha value is -1.48. The summed E-state index contributed by atoms with van der Waals surface area (Å²) in [6, 6.07) is 8.70. The highest BCUT2D eigenvalue weighted by Gasteiger charge is 2.17. The molecule has 0 atom stereocenters. The molecule has 0 unspecified atom stereocenters. The predicted octanol–water partition coefficient (Wildman–Crippen LogP) is 4.57. The van der Waals surface area contributed by atoms with Crippen LogP contribution in [0.25, 0.3) is 0 Å². The van der Waals surface area contributed by atoms with E-state index in [1.165, 1.54) is 31.2 Å². The fourth-order valence-electron chi connectivity index (χ4n) is 2.80. The van der Waals surface area contributed by atoms with E-state index in [4.69, 9.17) is 11.6 Å². The fourth-order valence-corrected chi connectivity index (χ4v) is 2.99. The average molecular weight is 290 g/mol. The van der Waals surface area contributed by atoms with E-state index in [1.54, 1.807) is 0 Å². The summed E-state index contributed by atoms with van der Waals surface area (Å²) in [6.07, 6.45) is 7.29. The molecule has 106 valence electrons. The molecule has 0 spiro atoms. The lowest BCUT2D eigenvalue weighted by molar-refractivity contribution is 0.463. The van der Waals surface area contributed by atoms with E-state index in [2.05, 4.69) is 40.4 Å². The summed E-state index contributed by atoms with van der Waals surface area (Å²) in [6.45, 7) is 2.78. The van der Waals surface area contributed by atoms with Crippen molar-refractivity contribution in [2.75, 3.05) is 5.32 Å². The zero-order valence-electron chi connectivity index (χ0n) is 11.8. The Balaban J connectivity index is 1.64. The molecule has 1 aromatic carbocycles. The fraction of sp³-hybridized carbons (Fsp3) is 0.438. The highest BCUT2D eigenvalue weighted by molar-refractivity contribution is 6.33. The topological polar surface area (TPSA) is 29.9 Å². The minimum atomic E-state index is 0.603. The SMILES string of the molecule is Cc1ccc(Cl)c(NCc2ccn(C3CCCC3)n2)c1. The van der Waals surface area contributed by atoms with Crippen molar-refractivity contribution in [3.8, 4) is 0 Å². The van der Waals surface area contributed by atoms with Gasteiger partial charge in [0.05, 0.1) is 29.0 Å². The Labute approximate surface area is 124 Å². The van der Waals surface area contributed by atoms with Gasteiger partial charge in [0, 0.05) is 6.20 Å². The molecule has 0 aliphatic heterocycles. The van der Waals surface area contributed by atoms with Gasteiger partial charge in [0.25, 0.3) is 0 Å². The van der Waals surface area contributed by atoms with Crippen molar-refractivity contribution < 1.29 is 0 Å². The summed E-state index contributed by atoms with van der Waals surface area (Å²) >= 11 is 6.18. The van der Waals surface area contributed by atoms with Crippen molar-refractivity contribution >= 4 is 17.3 Å². The highest BCUT2D eigenvalue weighted by atomic mass is 35.5. The Morgan fingerprint density at radius 3 is 2.90 bits per heavy atom. The van der Waals surface area contributed by atoms with Gasteiger partial charge in [-0.2, -0.15) is 5.10 Å². The van der Waals surface area contributed by atoms with Crippen LogP contribution < -0.4 is 5.32 Å². The minimum Gasteiger partial charge on any atom is -0.378 e. The van der Waals surface area contributed by atoms with Gasteiger partial charge in [-0.15, -0.1) is 0 Å². The zero-order valence-corrected chi connectivity index (χ0v) is 12.5. The van der Waals surface area contributed by atoms with Gasteiger partial charge >= 0.3 is 0 Å². The van der Waals surface area contributed by atoms with Gasteiger partial charge in [-0.1, -0.05) is 30.5 Å². The van der Waals surface area contributed by atoms with Crippen LogP contribution in [-0.4, -0.2) is 9.78 Å². The maximum absolute atomic E-state index is 6.18. The van der Waals surface area contributed by atoms with E-state index in [0.29, 0.717) is 12.6 Å². The van der Waals surface area contributed by atoms with Crippen LogP contribution in [0.5, 0.6) is 0 Å². The molecule has 0 bridgehead atoms. The van der Waals surface area contributed by atoms with Crippen LogP contribution in [0, 0.1) is 6.92 Å². The average Bonchev–Trinajstić information content (AvgIpc) is 3.09. The second kappa shape index (κ2) is 5.88. The van der Waals surface area contributed by atoms with Crippen molar-refractivity contribution in [3.05, 3.63) is 46.7 Å². The van der Waals surface area contributed by atoms with Crippen molar-refractivity contribution in [2.45, 2.75) is 45.2 Å². The molecular weight excluding hydrogens is 270 g/mol. The normalized spacial score (nSPS) is 15.7. The third-order valence-electron chi connectivity index (χ3n) is 3.94. The smallest absolute Gasteiger partial charge is 0.0815 e. The van der Waals surface area contributed by atoms with Crippen LogP contribution in [0.1, 0.15) is 43.0 Å². The minimum absolute atomic E-state index is 0.603. The number of aryl methyl sites for hydroxylation is 1. The molecule has 1 aliphatic carbocycles. The molecule has 0 amide bonds. The Bertz CT molecular complexity index is 585. The van der Waals surface area contributed by atoms with E-state index in [1.807, 2.05) is 12.1 Å². The predicted molar refractivity (Wildman–Crippen MR) is 83.2 cm³/mol. The second-order valence-corrected chi connectivity index (χ2v) is 5.97. The number of rotatable bonds is 4.